The molecule has 1 atom stereocenters. The molecule has 1 unspecified atom stereocenters. The Balaban J connectivity index is 2.03. The molecule has 1 aromatic carbocycles. The molecule has 2 rings (SSSR count). The topological polar surface area (TPSA) is 12.0 Å². The Bertz CT molecular complexity index is 476. The largest absolute Gasteiger partial charge is 0.313 e. The van der Waals surface area contributed by atoms with E-state index in [1.54, 1.807) is 0 Å². The minimum atomic E-state index is 0.541. The zero-order valence-corrected chi connectivity index (χ0v) is 12.7. The first kappa shape index (κ1) is 14.3. The van der Waals surface area contributed by atoms with Gasteiger partial charge in [-0.3, -0.25) is 0 Å². The molecular formula is C17H23NS. The fourth-order valence-corrected chi connectivity index (χ4v) is 3.13. The lowest BCUT2D eigenvalue weighted by molar-refractivity contribution is 0.506. The molecule has 1 N–H and O–H groups in total. The van der Waals surface area contributed by atoms with Crippen molar-refractivity contribution in [3.8, 4) is 0 Å². The molecule has 19 heavy (non-hydrogen) atoms. The van der Waals surface area contributed by atoms with Gasteiger partial charge >= 0.3 is 0 Å². The van der Waals surface area contributed by atoms with Crippen molar-refractivity contribution in [3.63, 3.8) is 0 Å². The molecule has 1 aromatic heterocycles. The average molecular weight is 273 g/mol. The summed E-state index contributed by atoms with van der Waals surface area (Å²) in [5, 5.41) is 5.86. The molecule has 0 saturated heterocycles. The predicted octanol–water partition coefficient (Wildman–Crippen LogP) is 4.21. The summed E-state index contributed by atoms with van der Waals surface area (Å²) in [5.41, 5.74) is 2.87. The Morgan fingerprint density at radius 1 is 1.11 bits per heavy atom. The number of benzene rings is 1. The maximum Gasteiger partial charge on any atom is 0.0156 e. The van der Waals surface area contributed by atoms with Crippen LogP contribution in [0, 0.1) is 6.92 Å². The molecule has 0 bridgehead atoms. The summed E-state index contributed by atoms with van der Waals surface area (Å²) in [5.74, 6) is 0. The summed E-state index contributed by atoms with van der Waals surface area (Å²) in [7, 11) is 0. The molecule has 0 amide bonds. The van der Waals surface area contributed by atoms with Crippen molar-refractivity contribution in [1.29, 1.82) is 0 Å². The second-order valence-corrected chi connectivity index (χ2v) is 6.10. The van der Waals surface area contributed by atoms with Crippen LogP contribution < -0.4 is 5.32 Å². The van der Waals surface area contributed by atoms with Crippen LogP contribution in [0.2, 0.25) is 0 Å². The third-order valence-electron chi connectivity index (χ3n) is 3.44. The van der Waals surface area contributed by atoms with Crippen LogP contribution in [0.3, 0.4) is 0 Å². The van der Waals surface area contributed by atoms with Gasteiger partial charge in [0.05, 0.1) is 0 Å². The lowest BCUT2D eigenvalue weighted by Crippen LogP contribution is -2.33. The van der Waals surface area contributed by atoms with Crippen molar-refractivity contribution in [1.82, 2.24) is 5.32 Å². The molecule has 1 nitrogen and oxygen atoms in total. The molecule has 0 radical (unpaired) electrons. The molecule has 2 aromatic rings. The van der Waals surface area contributed by atoms with Gasteiger partial charge in [-0.05, 0) is 55.3 Å². The Morgan fingerprint density at radius 3 is 2.63 bits per heavy atom. The summed E-state index contributed by atoms with van der Waals surface area (Å²) in [6, 6.07) is 13.6. The van der Waals surface area contributed by atoms with Crippen LogP contribution in [0.5, 0.6) is 0 Å². The minimum absolute atomic E-state index is 0.541. The SMILES string of the molecule is CCCNC(Cc1cccs1)Cc1ccccc1C. The Morgan fingerprint density at radius 2 is 1.95 bits per heavy atom. The van der Waals surface area contributed by atoms with Gasteiger partial charge in [-0.2, -0.15) is 0 Å². The third-order valence-corrected chi connectivity index (χ3v) is 4.34. The summed E-state index contributed by atoms with van der Waals surface area (Å²) in [4.78, 5) is 1.47. The second kappa shape index (κ2) is 7.46. The van der Waals surface area contributed by atoms with Gasteiger partial charge in [0.15, 0.2) is 0 Å². The molecule has 0 fully saturated rings. The average Bonchev–Trinajstić information content (AvgIpc) is 2.91. The Hall–Kier alpha value is -1.12. The normalized spacial score (nSPS) is 12.5. The number of hydrogen-bond acceptors (Lipinski definition) is 2. The van der Waals surface area contributed by atoms with Gasteiger partial charge in [0, 0.05) is 10.9 Å². The quantitative estimate of drug-likeness (QED) is 0.797. The highest BCUT2D eigenvalue weighted by atomic mass is 32.1. The van der Waals surface area contributed by atoms with Gasteiger partial charge in [-0.1, -0.05) is 37.3 Å². The molecular weight excluding hydrogens is 250 g/mol. The fraction of sp³-hybridized carbons (Fsp3) is 0.412. The van der Waals surface area contributed by atoms with Crippen molar-refractivity contribution in [2.45, 2.75) is 39.2 Å². The maximum atomic E-state index is 3.69. The van der Waals surface area contributed by atoms with Gasteiger partial charge < -0.3 is 5.32 Å². The third kappa shape index (κ3) is 4.48. The number of nitrogens with one attached hydrogen (secondary N) is 1. The van der Waals surface area contributed by atoms with E-state index in [0.717, 1.165) is 19.4 Å². The van der Waals surface area contributed by atoms with E-state index < -0.39 is 0 Å². The zero-order chi connectivity index (χ0) is 13.5. The molecule has 0 saturated carbocycles. The van der Waals surface area contributed by atoms with Gasteiger partial charge in [0.2, 0.25) is 0 Å². The second-order valence-electron chi connectivity index (χ2n) is 5.07. The van der Waals surface area contributed by atoms with Crippen molar-refractivity contribution < 1.29 is 0 Å². The van der Waals surface area contributed by atoms with Crippen LogP contribution in [0.1, 0.15) is 29.3 Å². The molecule has 0 spiro atoms. The van der Waals surface area contributed by atoms with E-state index in [0.29, 0.717) is 6.04 Å². The molecule has 102 valence electrons. The number of hydrogen-bond donors (Lipinski definition) is 1. The molecule has 0 aliphatic carbocycles. The summed E-state index contributed by atoms with van der Waals surface area (Å²) in [6.45, 7) is 5.53. The summed E-state index contributed by atoms with van der Waals surface area (Å²) >= 11 is 1.86. The smallest absolute Gasteiger partial charge is 0.0156 e. The van der Waals surface area contributed by atoms with E-state index in [2.05, 4.69) is 60.9 Å². The zero-order valence-electron chi connectivity index (χ0n) is 11.9. The van der Waals surface area contributed by atoms with Crippen LogP contribution in [0.25, 0.3) is 0 Å². The van der Waals surface area contributed by atoms with E-state index in [-0.39, 0.29) is 0 Å². The Labute approximate surface area is 120 Å². The van der Waals surface area contributed by atoms with E-state index in [1.165, 1.54) is 22.4 Å². The molecule has 2 heteroatoms. The van der Waals surface area contributed by atoms with Crippen LogP contribution in [0.15, 0.2) is 41.8 Å². The first-order valence-electron chi connectivity index (χ1n) is 7.10. The number of rotatable bonds is 7. The minimum Gasteiger partial charge on any atom is -0.313 e. The van der Waals surface area contributed by atoms with E-state index in [1.807, 2.05) is 11.3 Å². The lowest BCUT2D eigenvalue weighted by atomic mass is 9.98. The molecule has 0 aliphatic heterocycles. The summed E-state index contributed by atoms with van der Waals surface area (Å²) < 4.78 is 0. The standard InChI is InChI=1S/C17H23NS/c1-3-10-18-16(13-17-9-6-11-19-17)12-15-8-5-4-7-14(15)2/h4-9,11,16,18H,3,10,12-13H2,1-2H3. The van der Waals surface area contributed by atoms with E-state index in [9.17, 15) is 0 Å². The fourth-order valence-electron chi connectivity index (χ4n) is 2.34. The van der Waals surface area contributed by atoms with Gasteiger partial charge in [-0.25, -0.2) is 0 Å². The summed E-state index contributed by atoms with van der Waals surface area (Å²) in [6.07, 6.45) is 3.44. The predicted molar refractivity (Wildman–Crippen MR) is 85.0 cm³/mol. The monoisotopic (exact) mass is 273 g/mol. The van der Waals surface area contributed by atoms with Crippen molar-refractivity contribution in [3.05, 3.63) is 57.8 Å². The van der Waals surface area contributed by atoms with Crippen LogP contribution >= 0.6 is 11.3 Å². The number of aryl methyl sites for hydroxylation is 1. The van der Waals surface area contributed by atoms with Crippen molar-refractivity contribution in [2.75, 3.05) is 6.54 Å². The van der Waals surface area contributed by atoms with Crippen molar-refractivity contribution in [2.24, 2.45) is 0 Å². The molecule has 0 aliphatic rings. The van der Waals surface area contributed by atoms with Crippen LogP contribution in [-0.2, 0) is 12.8 Å². The van der Waals surface area contributed by atoms with Crippen LogP contribution in [0.4, 0.5) is 0 Å². The molecule has 1 heterocycles. The van der Waals surface area contributed by atoms with E-state index >= 15 is 0 Å². The Kier molecular flexibility index (Phi) is 5.62. The first-order chi connectivity index (χ1) is 9.29. The highest BCUT2D eigenvalue weighted by Crippen LogP contribution is 2.16. The lowest BCUT2D eigenvalue weighted by Gasteiger charge is -2.19. The van der Waals surface area contributed by atoms with Crippen molar-refractivity contribution >= 4 is 11.3 Å². The highest BCUT2D eigenvalue weighted by Gasteiger charge is 2.11. The van der Waals surface area contributed by atoms with Gasteiger partial charge in [0.25, 0.3) is 0 Å². The first-order valence-corrected chi connectivity index (χ1v) is 7.98. The number of thiophene rings is 1. The highest BCUT2D eigenvalue weighted by molar-refractivity contribution is 7.09. The van der Waals surface area contributed by atoms with E-state index in [4.69, 9.17) is 0 Å². The maximum absolute atomic E-state index is 3.69. The van der Waals surface area contributed by atoms with Gasteiger partial charge in [-0.15, -0.1) is 11.3 Å². The van der Waals surface area contributed by atoms with Crippen LogP contribution in [-0.4, -0.2) is 12.6 Å². The van der Waals surface area contributed by atoms with Gasteiger partial charge in [0.1, 0.15) is 0 Å².